The highest BCUT2D eigenvalue weighted by Gasteiger charge is 2.20. The zero-order chi connectivity index (χ0) is 14.7. The van der Waals surface area contributed by atoms with Gasteiger partial charge in [0, 0.05) is 4.88 Å². The Morgan fingerprint density at radius 1 is 1.15 bits per heavy atom. The van der Waals surface area contributed by atoms with Gasteiger partial charge in [0.1, 0.15) is 11.6 Å². The first-order valence-electron chi connectivity index (χ1n) is 5.67. The Bertz CT molecular complexity index is 644. The number of ether oxygens (including phenoxy) is 1. The predicted molar refractivity (Wildman–Crippen MR) is 69.8 cm³/mol. The van der Waals surface area contributed by atoms with Gasteiger partial charge in [0.15, 0.2) is 0 Å². The fraction of sp³-hybridized carbons (Fsp3) is 0.143. The average Bonchev–Trinajstić information content (AvgIpc) is 2.86. The summed E-state index contributed by atoms with van der Waals surface area (Å²) in [5.74, 6) is -2.99. The first-order chi connectivity index (χ1) is 9.52. The fourth-order valence-corrected chi connectivity index (χ4v) is 2.59. The van der Waals surface area contributed by atoms with Crippen LogP contribution in [0.1, 0.15) is 20.1 Å². The summed E-state index contributed by atoms with van der Waals surface area (Å²) < 4.78 is 31.6. The second-order valence-corrected chi connectivity index (χ2v) is 5.11. The Morgan fingerprint density at radius 3 is 2.40 bits per heavy atom. The number of halogens is 2. The van der Waals surface area contributed by atoms with Crippen LogP contribution in [0.2, 0.25) is 0 Å². The molecular formula is C14H10F2O3S. The van der Waals surface area contributed by atoms with Gasteiger partial charge in [0.05, 0.1) is 24.0 Å². The van der Waals surface area contributed by atoms with Gasteiger partial charge < -0.3 is 4.74 Å². The number of carbonyl (C=O) groups excluding carboxylic acids is 2. The number of hydrogen-bond acceptors (Lipinski definition) is 4. The van der Waals surface area contributed by atoms with E-state index in [1.165, 1.54) is 19.2 Å². The van der Waals surface area contributed by atoms with Crippen LogP contribution in [0, 0.1) is 11.6 Å². The molecule has 0 amide bonds. The normalized spacial score (nSPS) is 10.3. The molecule has 1 aromatic carbocycles. The summed E-state index contributed by atoms with van der Waals surface area (Å²) in [6.45, 7) is 0. The lowest BCUT2D eigenvalue weighted by Crippen LogP contribution is -2.05. The molecule has 3 nitrogen and oxygen atoms in total. The van der Waals surface area contributed by atoms with E-state index >= 15 is 0 Å². The van der Waals surface area contributed by atoms with E-state index < -0.39 is 29.0 Å². The molecule has 2 aromatic rings. The van der Waals surface area contributed by atoms with Crippen molar-refractivity contribution in [3.8, 4) is 0 Å². The molecule has 20 heavy (non-hydrogen) atoms. The maximum Gasteiger partial charge on any atom is 0.310 e. The Labute approximate surface area is 117 Å². The number of benzene rings is 1. The van der Waals surface area contributed by atoms with Crippen molar-refractivity contribution in [3.63, 3.8) is 0 Å². The quantitative estimate of drug-likeness (QED) is 0.643. The van der Waals surface area contributed by atoms with Gasteiger partial charge in [-0.3, -0.25) is 9.59 Å². The van der Waals surface area contributed by atoms with E-state index in [2.05, 4.69) is 4.74 Å². The van der Waals surface area contributed by atoms with Crippen LogP contribution in [0.3, 0.4) is 0 Å². The summed E-state index contributed by atoms with van der Waals surface area (Å²) in [6, 6.07) is 6.25. The molecule has 1 aromatic heterocycles. The van der Waals surface area contributed by atoms with Crippen LogP contribution in [0.15, 0.2) is 30.3 Å². The Morgan fingerprint density at radius 2 is 1.80 bits per heavy atom. The van der Waals surface area contributed by atoms with Crippen LogP contribution in [-0.4, -0.2) is 18.9 Å². The molecule has 6 heteroatoms. The summed E-state index contributed by atoms with van der Waals surface area (Å²) >= 11 is 1.01. The third-order valence-corrected chi connectivity index (χ3v) is 3.71. The van der Waals surface area contributed by atoms with E-state index in [9.17, 15) is 18.4 Å². The molecule has 2 rings (SSSR count). The highest BCUT2D eigenvalue weighted by molar-refractivity contribution is 7.14. The summed E-state index contributed by atoms with van der Waals surface area (Å²) in [4.78, 5) is 24.0. The van der Waals surface area contributed by atoms with Crippen LogP contribution in [0.25, 0.3) is 0 Å². The first-order valence-corrected chi connectivity index (χ1v) is 6.49. The van der Waals surface area contributed by atoms with Crippen molar-refractivity contribution in [1.29, 1.82) is 0 Å². The predicted octanol–water partition coefficient (Wildman–Crippen LogP) is 2.97. The number of rotatable bonds is 4. The minimum atomic E-state index is -0.905. The average molecular weight is 296 g/mol. The Hall–Kier alpha value is -2.08. The SMILES string of the molecule is COC(=O)Cc1ccc(C(=O)c2c(F)cccc2F)s1. The fourth-order valence-electron chi connectivity index (χ4n) is 1.65. The van der Waals surface area contributed by atoms with Crippen molar-refractivity contribution in [1.82, 2.24) is 0 Å². The molecule has 104 valence electrons. The van der Waals surface area contributed by atoms with Gasteiger partial charge in [-0.15, -0.1) is 11.3 Å². The van der Waals surface area contributed by atoms with Gasteiger partial charge >= 0.3 is 5.97 Å². The third kappa shape index (κ3) is 2.91. The number of esters is 1. The van der Waals surface area contributed by atoms with Crippen molar-refractivity contribution < 1.29 is 23.1 Å². The largest absolute Gasteiger partial charge is 0.469 e. The molecule has 0 saturated heterocycles. The molecule has 0 N–H and O–H groups in total. The van der Waals surface area contributed by atoms with Gasteiger partial charge in [-0.1, -0.05) is 6.07 Å². The molecule has 0 bridgehead atoms. The van der Waals surface area contributed by atoms with Crippen molar-refractivity contribution in [3.05, 3.63) is 57.3 Å². The minimum Gasteiger partial charge on any atom is -0.469 e. The number of ketones is 1. The summed E-state index contributed by atoms with van der Waals surface area (Å²) in [5, 5.41) is 0. The number of thiophene rings is 1. The second kappa shape index (κ2) is 5.92. The maximum atomic E-state index is 13.5. The zero-order valence-corrected chi connectivity index (χ0v) is 11.3. The lowest BCUT2D eigenvalue weighted by molar-refractivity contribution is -0.139. The van der Waals surface area contributed by atoms with Gasteiger partial charge in [-0.25, -0.2) is 8.78 Å². The smallest absolute Gasteiger partial charge is 0.310 e. The van der Waals surface area contributed by atoms with Crippen LogP contribution in [-0.2, 0) is 16.0 Å². The molecule has 0 aliphatic heterocycles. The van der Waals surface area contributed by atoms with Crippen molar-refractivity contribution >= 4 is 23.1 Å². The van der Waals surface area contributed by atoms with Gasteiger partial charge in [0.25, 0.3) is 0 Å². The van der Waals surface area contributed by atoms with Crippen LogP contribution in [0.4, 0.5) is 8.78 Å². The van der Waals surface area contributed by atoms with E-state index in [4.69, 9.17) is 0 Å². The van der Waals surface area contributed by atoms with Crippen molar-refractivity contribution in [2.45, 2.75) is 6.42 Å². The highest BCUT2D eigenvalue weighted by atomic mass is 32.1. The van der Waals surface area contributed by atoms with E-state index in [1.54, 1.807) is 6.07 Å². The van der Waals surface area contributed by atoms with Gasteiger partial charge in [-0.2, -0.15) is 0 Å². The molecule has 0 aliphatic carbocycles. The van der Waals surface area contributed by atoms with Gasteiger partial charge in [-0.05, 0) is 24.3 Å². The van der Waals surface area contributed by atoms with Crippen LogP contribution >= 0.6 is 11.3 Å². The third-order valence-electron chi connectivity index (χ3n) is 2.62. The molecule has 0 aliphatic rings. The molecule has 0 saturated carbocycles. The maximum absolute atomic E-state index is 13.5. The summed E-state index contributed by atoms with van der Waals surface area (Å²) in [6.07, 6.45) is 0.0220. The molecule has 0 unspecified atom stereocenters. The standard InChI is InChI=1S/C14H10F2O3S/c1-19-12(17)7-8-5-6-11(20-8)14(18)13-9(15)3-2-4-10(13)16/h2-6H,7H2,1H3. The van der Waals surface area contributed by atoms with E-state index in [1.807, 2.05) is 0 Å². The lowest BCUT2D eigenvalue weighted by Gasteiger charge is -2.01. The monoisotopic (exact) mass is 296 g/mol. The molecule has 0 fully saturated rings. The Balaban J connectivity index is 2.28. The lowest BCUT2D eigenvalue weighted by atomic mass is 10.1. The van der Waals surface area contributed by atoms with E-state index in [0.717, 1.165) is 23.5 Å². The Kier molecular flexibility index (Phi) is 4.24. The van der Waals surface area contributed by atoms with Crippen molar-refractivity contribution in [2.24, 2.45) is 0 Å². The van der Waals surface area contributed by atoms with Gasteiger partial charge in [0.2, 0.25) is 5.78 Å². The highest BCUT2D eigenvalue weighted by Crippen LogP contribution is 2.23. The molecule has 0 atom stereocenters. The summed E-state index contributed by atoms with van der Waals surface area (Å²) in [7, 11) is 1.26. The number of hydrogen-bond donors (Lipinski definition) is 0. The van der Waals surface area contributed by atoms with E-state index in [-0.39, 0.29) is 11.3 Å². The first kappa shape index (κ1) is 14.3. The topological polar surface area (TPSA) is 43.4 Å². The molecule has 0 spiro atoms. The minimum absolute atomic E-state index is 0.0220. The molecule has 1 heterocycles. The number of methoxy groups -OCH3 is 1. The summed E-state index contributed by atoms with van der Waals surface area (Å²) in [5.41, 5.74) is -0.584. The van der Waals surface area contributed by atoms with E-state index in [0.29, 0.717) is 4.88 Å². The molecule has 0 radical (unpaired) electrons. The second-order valence-electron chi connectivity index (χ2n) is 3.94. The zero-order valence-electron chi connectivity index (χ0n) is 10.5. The number of carbonyl (C=O) groups is 2. The van der Waals surface area contributed by atoms with Crippen LogP contribution < -0.4 is 0 Å². The van der Waals surface area contributed by atoms with Crippen LogP contribution in [0.5, 0.6) is 0 Å². The molecular weight excluding hydrogens is 286 g/mol. The van der Waals surface area contributed by atoms with Crippen molar-refractivity contribution in [2.75, 3.05) is 7.11 Å².